The number of nitrogens with one attached hydrogen (secondary N) is 2. The number of carboxylic acid groups (broad SMARTS) is 1. The number of anilines is 5. The van der Waals surface area contributed by atoms with Crippen LogP contribution in [0.2, 0.25) is 0 Å². The lowest BCUT2D eigenvalue weighted by Crippen LogP contribution is -2.50. The molecule has 0 unspecified atom stereocenters. The molecule has 5 fully saturated rings. The highest BCUT2D eigenvalue weighted by Crippen LogP contribution is 2.60. The molecule has 4 aromatic heterocycles. The molecule has 0 radical (unpaired) electrons. The van der Waals surface area contributed by atoms with Gasteiger partial charge >= 0.3 is 5.97 Å². The summed E-state index contributed by atoms with van der Waals surface area (Å²) in [5.74, 6) is 1.53. The lowest BCUT2D eigenvalue weighted by atomic mass is 9.49. The van der Waals surface area contributed by atoms with Crippen molar-refractivity contribution in [1.29, 1.82) is 0 Å². The largest absolute Gasteiger partial charge is 0.481 e. The van der Waals surface area contributed by atoms with Crippen LogP contribution in [0, 0.1) is 42.9 Å². The number of hydrogen-bond acceptors (Lipinski definition) is 13. The van der Waals surface area contributed by atoms with E-state index in [1.54, 1.807) is 42.4 Å². The Hall–Kier alpha value is -5.94. The van der Waals surface area contributed by atoms with E-state index < -0.39 is 27.8 Å². The zero-order chi connectivity index (χ0) is 42.2. The van der Waals surface area contributed by atoms with E-state index in [0.29, 0.717) is 52.5 Å². The van der Waals surface area contributed by atoms with Crippen molar-refractivity contribution in [3.63, 3.8) is 0 Å². The average molecular weight is 859 g/mol. The number of para-hydroxylation sites is 1. The first-order chi connectivity index (χ1) is 29.3. The molecule has 1 saturated heterocycles. The van der Waals surface area contributed by atoms with Crippen LogP contribution in [0.3, 0.4) is 0 Å². The summed E-state index contributed by atoms with van der Waals surface area (Å²) in [6.07, 6.45) is 9.49. The number of aryl methyl sites for hydroxylation is 1. The first-order valence-corrected chi connectivity index (χ1v) is 23.0. The molecule has 6 aromatic rings. The van der Waals surface area contributed by atoms with Gasteiger partial charge in [-0.3, -0.25) is 14.3 Å². The fourth-order valence-corrected chi connectivity index (χ4v) is 12.3. The second-order valence-electron chi connectivity index (χ2n) is 17.6. The number of hydrogen-bond donors (Lipinski definition) is 3. The zero-order valence-electron chi connectivity index (χ0n) is 34.1. The number of benzene rings is 2. The number of fused-ring (bicyclic) bond motifs is 1. The Morgan fingerprint density at radius 3 is 2.28 bits per heavy atom. The molecule has 0 spiro atoms. The summed E-state index contributed by atoms with van der Waals surface area (Å²) < 4.78 is 33.0. The lowest BCUT2D eigenvalue weighted by Gasteiger charge is -2.56. The van der Waals surface area contributed by atoms with E-state index >= 15 is 0 Å². The molecule has 2 aromatic carbocycles. The van der Waals surface area contributed by atoms with Crippen molar-refractivity contribution < 1.29 is 23.1 Å². The third-order valence-electron chi connectivity index (χ3n) is 13.3. The van der Waals surface area contributed by atoms with Crippen molar-refractivity contribution in [2.45, 2.75) is 63.8 Å². The van der Waals surface area contributed by atoms with E-state index in [2.05, 4.69) is 29.9 Å². The topological polar surface area (TPSA) is 188 Å². The predicted octanol–water partition coefficient (Wildman–Crippen LogP) is 7.33. The molecular formula is C44H46N10O5S2. The molecule has 15 nitrogen and oxygen atoms in total. The number of thiazole rings is 1. The normalized spacial score (nSPS) is 22.0. The monoisotopic (exact) mass is 858 g/mol. The molecule has 314 valence electrons. The van der Waals surface area contributed by atoms with Crippen molar-refractivity contribution in [2.75, 3.05) is 35.3 Å². The molecule has 17 heteroatoms. The maximum absolute atomic E-state index is 14.3. The number of amides is 1. The lowest BCUT2D eigenvalue weighted by molar-refractivity contribution is -0.142. The van der Waals surface area contributed by atoms with Gasteiger partial charge in [0, 0.05) is 49.2 Å². The number of sulfonamides is 1. The van der Waals surface area contributed by atoms with Crippen LogP contribution in [0.15, 0.2) is 77.8 Å². The highest BCUT2D eigenvalue weighted by atomic mass is 32.2. The van der Waals surface area contributed by atoms with E-state index in [1.165, 1.54) is 62.0 Å². The molecule has 5 aliphatic rings. The molecular weight excluding hydrogens is 813 g/mol. The Morgan fingerprint density at radius 2 is 1.61 bits per heavy atom. The van der Waals surface area contributed by atoms with E-state index in [9.17, 15) is 23.1 Å². The summed E-state index contributed by atoms with van der Waals surface area (Å²) in [5, 5.41) is 27.0. The highest BCUT2D eigenvalue weighted by Gasteiger charge is 2.51. The third-order valence-corrected chi connectivity index (χ3v) is 15.6. The van der Waals surface area contributed by atoms with Crippen LogP contribution in [0.25, 0.3) is 21.3 Å². The number of carboxylic acids is 1. The quantitative estimate of drug-likeness (QED) is 0.111. The summed E-state index contributed by atoms with van der Waals surface area (Å²) in [7, 11) is -2.59. The number of aromatic nitrogens is 6. The summed E-state index contributed by atoms with van der Waals surface area (Å²) in [4.78, 5) is 38.5. The molecule has 1 aliphatic heterocycles. The van der Waals surface area contributed by atoms with Crippen molar-refractivity contribution in [3.05, 3.63) is 89.9 Å². The predicted molar refractivity (Wildman–Crippen MR) is 233 cm³/mol. The zero-order valence-corrected chi connectivity index (χ0v) is 35.7. The summed E-state index contributed by atoms with van der Waals surface area (Å²) in [6.45, 7) is 5.41. The number of pyridine rings is 1. The van der Waals surface area contributed by atoms with Crippen LogP contribution in [-0.4, -0.2) is 75.5 Å². The Balaban J connectivity index is 0.942. The van der Waals surface area contributed by atoms with Crippen LogP contribution in [0.4, 0.5) is 28.3 Å². The van der Waals surface area contributed by atoms with Crippen molar-refractivity contribution in [2.24, 2.45) is 29.1 Å². The van der Waals surface area contributed by atoms with Crippen LogP contribution in [0.1, 0.15) is 60.3 Å². The van der Waals surface area contributed by atoms with Crippen molar-refractivity contribution in [3.8, 4) is 11.1 Å². The van der Waals surface area contributed by atoms with Crippen LogP contribution in [0.5, 0.6) is 0 Å². The maximum atomic E-state index is 14.3. The number of carbonyl (C=O) groups excluding carboxylic acids is 1. The van der Waals surface area contributed by atoms with Gasteiger partial charge < -0.3 is 20.2 Å². The van der Waals surface area contributed by atoms with Gasteiger partial charge in [0.1, 0.15) is 11.5 Å². The Kier molecular flexibility index (Phi) is 9.58. The van der Waals surface area contributed by atoms with E-state index in [0.717, 1.165) is 45.8 Å². The van der Waals surface area contributed by atoms with Gasteiger partial charge in [-0.25, -0.2) is 23.1 Å². The number of carbonyl (C=O) groups is 2. The number of rotatable bonds is 12. The minimum Gasteiger partial charge on any atom is -0.481 e. The number of aliphatic carboxylic acids is 1. The molecule has 1 amide bonds. The minimum atomic E-state index is -4.35. The molecule has 4 saturated carbocycles. The molecule has 4 aliphatic carbocycles. The molecule has 0 atom stereocenters. The maximum Gasteiger partial charge on any atom is 0.310 e. The van der Waals surface area contributed by atoms with E-state index in [1.807, 2.05) is 49.1 Å². The molecule has 11 rings (SSSR count). The Labute approximate surface area is 357 Å². The molecule has 61 heavy (non-hydrogen) atoms. The summed E-state index contributed by atoms with van der Waals surface area (Å²) in [5.41, 5.74) is 4.58. The minimum absolute atomic E-state index is 0.0823. The van der Waals surface area contributed by atoms with Gasteiger partial charge in [-0.15, -0.1) is 10.2 Å². The van der Waals surface area contributed by atoms with Gasteiger partial charge in [-0.05, 0) is 136 Å². The molecule has 3 N–H and O–H groups in total. The Bertz CT molecular complexity index is 2750. The first kappa shape index (κ1) is 39.2. The smallest absolute Gasteiger partial charge is 0.310 e. The van der Waals surface area contributed by atoms with Gasteiger partial charge in [0.2, 0.25) is 0 Å². The first-order valence-electron chi connectivity index (χ1n) is 20.7. The van der Waals surface area contributed by atoms with E-state index in [4.69, 9.17) is 10.1 Å². The number of nitrogens with zero attached hydrogens (tertiary/aromatic N) is 8. The van der Waals surface area contributed by atoms with Crippen LogP contribution < -0.4 is 19.8 Å². The van der Waals surface area contributed by atoms with Crippen molar-refractivity contribution >= 4 is 71.7 Å². The molecule has 5 heterocycles. The van der Waals surface area contributed by atoms with Gasteiger partial charge in [0.25, 0.3) is 15.9 Å². The summed E-state index contributed by atoms with van der Waals surface area (Å²) in [6, 6.07) is 19.4. The van der Waals surface area contributed by atoms with Gasteiger partial charge in [0.05, 0.1) is 27.2 Å². The van der Waals surface area contributed by atoms with E-state index in [-0.39, 0.29) is 16.0 Å². The van der Waals surface area contributed by atoms with Gasteiger partial charge in [-0.2, -0.15) is 5.10 Å². The highest BCUT2D eigenvalue weighted by molar-refractivity contribution is 7.90. The molecule has 4 bridgehead atoms. The Morgan fingerprint density at radius 1 is 0.902 bits per heavy atom. The van der Waals surface area contributed by atoms with Crippen LogP contribution >= 0.6 is 11.3 Å². The second-order valence-corrected chi connectivity index (χ2v) is 20.3. The van der Waals surface area contributed by atoms with Crippen LogP contribution in [-0.2, 0) is 21.4 Å². The fourth-order valence-electron chi connectivity index (χ4n) is 10.5. The van der Waals surface area contributed by atoms with Gasteiger partial charge in [0.15, 0.2) is 16.8 Å². The average Bonchev–Trinajstić information content (AvgIpc) is 3.78. The summed E-state index contributed by atoms with van der Waals surface area (Å²) >= 11 is 1.52. The standard InChI is InChI=1S/C44H46N10O5S2/c1-25-14-38(49-50-40(25)48-43-46-35-6-4-5-7-36(35)60-43)52(3)37-13-12-33(34-21-45-54(26(34)2)24-44-18-27-15-28(19-44)17-29(16-27)20-44)39(47-37)41(55)51-61(58,59)32-10-8-31(9-11-32)53-22-30(23-53)42(56)57/h4-14,21,27-30H,15-20,22-24H2,1-3H3,(H,51,55)(H,56,57)(H,46,48,50). The third kappa shape index (κ3) is 7.36. The SMILES string of the molecule is Cc1cc(N(C)c2ccc(-c3cnn(CC45CC6CC(CC(C6)C4)C5)c3C)c(C(=O)NS(=O)(=O)c3ccc(N4CC(C(=O)O)C4)cc3)n2)nnc1Nc1nc2ccccc2s1. The van der Waals surface area contributed by atoms with Gasteiger partial charge in [-0.1, -0.05) is 23.5 Å². The second kappa shape index (κ2) is 14.9. The fraction of sp³-hybridized carbons (Fsp3) is 0.386. The van der Waals surface area contributed by atoms with Crippen molar-refractivity contribution in [1.82, 2.24) is 34.7 Å².